The van der Waals surface area contributed by atoms with Gasteiger partial charge < -0.3 is 16.4 Å². The van der Waals surface area contributed by atoms with Crippen LogP contribution >= 0.6 is 0 Å². The highest BCUT2D eigenvalue weighted by Gasteiger charge is 2.39. The SMILES string of the molecule is CCCC(C)(N)C(=O)NC1CC(C)(C)NC(C)(C)C1. The van der Waals surface area contributed by atoms with Crippen molar-refractivity contribution in [2.24, 2.45) is 5.73 Å². The Hall–Kier alpha value is -0.610. The highest BCUT2D eigenvalue weighted by molar-refractivity contribution is 5.85. The van der Waals surface area contributed by atoms with Gasteiger partial charge >= 0.3 is 0 Å². The second kappa shape index (κ2) is 5.41. The number of piperidine rings is 1. The van der Waals surface area contributed by atoms with Crippen LogP contribution in [0.15, 0.2) is 0 Å². The van der Waals surface area contributed by atoms with Gasteiger partial charge in [0, 0.05) is 17.1 Å². The van der Waals surface area contributed by atoms with Crippen molar-refractivity contribution >= 4 is 5.91 Å². The number of amides is 1. The zero-order valence-electron chi connectivity index (χ0n) is 13.4. The van der Waals surface area contributed by atoms with E-state index in [-0.39, 0.29) is 23.0 Å². The van der Waals surface area contributed by atoms with Crippen LogP contribution in [0, 0.1) is 0 Å². The maximum Gasteiger partial charge on any atom is 0.240 e. The van der Waals surface area contributed by atoms with Gasteiger partial charge in [-0.25, -0.2) is 0 Å². The fourth-order valence-electron chi connectivity index (χ4n) is 3.41. The lowest BCUT2D eigenvalue weighted by atomic mass is 9.79. The number of nitrogens with two attached hydrogens (primary N) is 1. The number of rotatable bonds is 4. The first-order valence-electron chi connectivity index (χ1n) is 7.37. The van der Waals surface area contributed by atoms with Crippen molar-refractivity contribution in [2.75, 3.05) is 0 Å². The molecule has 1 heterocycles. The van der Waals surface area contributed by atoms with Crippen LogP contribution in [0.5, 0.6) is 0 Å². The van der Waals surface area contributed by atoms with Crippen molar-refractivity contribution in [1.29, 1.82) is 0 Å². The third kappa shape index (κ3) is 4.77. The molecule has 1 aliphatic rings. The third-order valence-corrected chi connectivity index (χ3v) is 3.81. The van der Waals surface area contributed by atoms with Crippen LogP contribution in [0.1, 0.15) is 67.2 Å². The average Bonchev–Trinajstić information content (AvgIpc) is 2.11. The summed E-state index contributed by atoms with van der Waals surface area (Å²) in [6.45, 7) is 12.6. The fourth-order valence-corrected chi connectivity index (χ4v) is 3.41. The predicted molar refractivity (Wildman–Crippen MR) is 80.0 cm³/mol. The molecule has 1 fully saturated rings. The standard InChI is InChI=1S/C15H31N3O/c1-7-8-15(6,16)12(19)17-11-9-13(2,3)18-14(4,5)10-11/h11,18H,7-10,16H2,1-6H3,(H,17,19). The molecule has 0 aromatic heterocycles. The molecule has 4 N–H and O–H groups in total. The molecule has 1 saturated heterocycles. The van der Waals surface area contributed by atoms with Crippen molar-refractivity contribution in [2.45, 2.75) is 89.9 Å². The molecule has 1 atom stereocenters. The van der Waals surface area contributed by atoms with E-state index in [0.717, 1.165) is 25.7 Å². The molecule has 0 aromatic carbocycles. The highest BCUT2D eigenvalue weighted by atomic mass is 16.2. The van der Waals surface area contributed by atoms with Crippen LogP contribution in [-0.2, 0) is 4.79 Å². The molecule has 1 unspecified atom stereocenters. The van der Waals surface area contributed by atoms with E-state index >= 15 is 0 Å². The van der Waals surface area contributed by atoms with Crippen molar-refractivity contribution in [1.82, 2.24) is 10.6 Å². The minimum atomic E-state index is -0.756. The highest BCUT2D eigenvalue weighted by Crippen LogP contribution is 2.28. The van der Waals surface area contributed by atoms with Gasteiger partial charge in [0.15, 0.2) is 0 Å². The second-order valence-corrected chi connectivity index (χ2v) is 7.64. The molecule has 1 aliphatic heterocycles. The summed E-state index contributed by atoms with van der Waals surface area (Å²) in [6, 6.07) is 0.193. The Kier molecular flexibility index (Phi) is 4.68. The lowest BCUT2D eigenvalue weighted by Gasteiger charge is -2.47. The Bertz CT molecular complexity index is 318. The largest absolute Gasteiger partial charge is 0.352 e. The zero-order valence-corrected chi connectivity index (χ0v) is 13.4. The van der Waals surface area contributed by atoms with E-state index in [1.54, 1.807) is 0 Å². The Morgan fingerprint density at radius 2 is 1.79 bits per heavy atom. The Morgan fingerprint density at radius 1 is 1.32 bits per heavy atom. The number of hydrogen-bond acceptors (Lipinski definition) is 3. The second-order valence-electron chi connectivity index (χ2n) is 7.64. The molecule has 112 valence electrons. The molecular formula is C15H31N3O. The van der Waals surface area contributed by atoms with Gasteiger partial charge in [0.05, 0.1) is 5.54 Å². The van der Waals surface area contributed by atoms with E-state index in [1.807, 2.05) is 6.92 Å². The van der Waals surface area contributed by atoms with E-state index in [9.17, 15) is 4.79 Å². The lowest BCUT2D eigenvalue weighted by Crippen LogP contribution is -2.64. The number of hydrogen-bond donors (Lipinski definition) is 3. The summed E-state index contributed by atoms with van der Waals surface area (Å²) in [5.74, 6) is -0.0205. The van der Waals surface area contributed by atoms with Crippen molar-refractivity contribution in [3.8, 4) is 0 Å². The molecule has 0 bridgehead atoms. The van der Waals surface area contributed by atoms with Crippen LogP contribution in [-0.4, -0.2) is 28.6 Å². The van der Waals surface area contributed by atoms with Crippen LogP contribution in [0.4, 0.5) is 0 Å². The summed E-state index contributed by atoms with van der Waals surface area (Å²) >= 11 is 0. The summed E-state index contributed by atoms with van der Waals surface area (Å²) in [5, 5.41) is 6.77. The molecule has 0 aliphatic carbocycles. The average molecular weight is 269 g/mol. The third-order valence-electron chi connectivity index (χ3n) is 3.81. The first-order valence-corrected chi connectivity index (χ1v) is 7.37. The van der Waals surface area contributed by atoms with Gasteiger partial charge in [0.25, 0.3) is 0 Å². The van der Waals surface area contributed by atoms with E-state index < -0.39 is 5.54 Å². The topological polar surface area (TPSA) is 67.2 Å². The van der Waals surface area contributed by atoms with Crippen molar-refractivity contribution in [3.63, 3.8) is 0 Å². The Morgan fingerprint density at radius 3 is 2.21 bits per heavy atom. The van der Waals surface area contributed by atoms with Crippen molar-refractivity contribution in [3.05, 3.63) is 0 Å². The van der Waals surface area contributed by atoms with Crippen LogP contribution in [0.3, 0.4) is 0 Å². The molecule has 19 heavy (non-hydrogen) atoms. The van der Waals surface area contributed by atoms with Gasteiger partial charge in [-0.3, -0.25) is 4.79 Å². The number of carbonyl (C=O) groups excluding carboxylic acids is 1. The minimum absolute atomic E-state index is 0.0205. The van der Waals surface area contributed by atoms with Crippen LogP contribution in [0.2, 0.25) is 0 Å². The van der Waals surface area contributed by atoms with Crippen molar-refractivity contribution < 1.29 is 4.79 Å². The summed E-state index contributed by atoms with van der Waals surface area (Å²) in [4.78, 5) is 12.3. The maximum atomic E-state index is 12.3. The van der Waals surface area contributed by atoms with Gasteiger partial charge in [-0.05, 0) is 53.9 Å². The lowest BCUT2D eigenvalue weighted by molar-refractivity contribution is -0.127. The van der Waals surface area contributed by atoms with Crippen LogP contribution < -0.4 is 16.4 Å². The summed E-state index contributed by atoms with van der Waals surface area (Å²) < 4.78 is 0. The molecule has 1 rings (SSSR count). The molecule has 0 spiro atoms. The van der Waals surface area contributed by atoms with Gasteiger partial charge in [0.1, 0.15) is 0 Å². The fraction of sp³-hybridized carbons (Fsp3) is 0.933. The van der Waals surface area contributed by atoms with Gasteiger partial charge in [-0.15, -0.1) is 0 Å². The van der Waals surface area contributed by atoms with Crippen LogP contribution in [0.25, 0.3) is 0 Å². The van der Waals surface area contributed by atoms with Gasteiger partial charge in [0.2, 0.25) is 5.91 Å². The van der Waals surface area contributed by atoms with E-state index in [0.29, 0.717) is 0 Å². The number of nitrogens with one attached hydrogen (secondary N) is 2. The summed E-state index contributed by atoms with van der Waals surface area (Å²) in [5.41, 5.74) is 5.41. The Balaban J connectivity index is 2.69. The normalized spacial score (nSPS) is 25.6. The molecule has 0 radical (unpaired) electrons. The quantitative estimate of drug-likeness (QED) is 0.730. The molecule has 1 amide bonds. The number of carbonyl (C=O) groups is 1. The smallest absolute Gasteiger partial charge is 0.240 e. The first-order chi connectivity index (χ1) is 8.47. The van der Waals surface area contributed by atoms with E-state index in [2.05, 4.69) is 45.3 Å². The first kappa shape index (κ1) is 16.4. The molecular weight excluding hydrogens is 238 g/mol. The predicted octanol–water partition coefficient (Wildman–Crippen LogP) is 1.93. The maximum absolute atomic E-state index is 12.3. The monoisotopic (exact) mass is 269 g/mol. The van der Waals surface area contributed by atoms with E-state index in [4.69, 9.17) is 5.73 Å². The Labute approximate surface area is 117 Å². The van der Waals surface area contributed by atoms with E-state index in [1.165, 1.54) is 0 Å². The minimum Gasteiger partial charge on any atom is -0.352 e. The zero-order chi connectivity index (χ0) is 14.9. The summed E-state index contributed by atoms with van der Waals surface area (Å²) in [7, 11) is 0. The van der Waals surface area contributed by atoms with Gasteiger partial charge in [-0.1, -0.05) is 13.3 Å². The molecule has 4 nitrogen and oxygen atoms in total. The summed E-state index contributed by atoms with van der Waals surface area (Å²) in [6.07, 6.45) is 3.51. The molecule has 4 heteroatoms. The van der Waals surface area contributed by atoms with Gasteiger partial charge in [-0.2, -0.15) is 0 Å². The molecule has 0 saturated carbocycles. The molecule has 0 aromatic rings.